The average molecular weight is 426 g/mol. The monoisotopic (exact) mass is 425 g/mol. The van der Waals surface area contributed by atoms with E-state index in [0.29, 0.717) is 5.91 Å². The molecule has 2 atom stereocenters. The molecule has 2 nitrogen and oxygen atoms in total. The van der Waals surface area contributed by atoms with Crippen LogP contribution in [-0.4, -0.2) is 34.4 Å². The Balaban J connectivity index is 1.92. The van der Waals surface area contributed by atoms with Crippen LogP contribution in [0.25, 0.3) is 0 Å². The van der Waals surface area contributed by atoms with Crippen molar-refractivity contribution in [3.8, 4) is 0 Å². The SMILES string of the molecule is CCCCCCCCC1SC1CCCCCCCC(=O)N(CCCC)CCCC. The van der Waals surface area contributed by atoms with Gasteiger partial charge in [0.15, 0.2) is 0 Å². The van der Waals surface area contributed by atoms with Gasteiger partial charge in [-0.3, -0.25) is 4.79 Å². The van der Waals surface area contributed by atoms with Crippen LogP contribution in [0.1, 0.15) is 136 Å². The Morgan fingerprint density at radius 3 is 1.59 bits per heavy atom. The topological polar surface area (TPSA) is 20.3 Å². The molecule has 172 valence electrons. The molecule has 0 spiro atoms. The molecule has 1 aliphatic heterocycles. The molecular weight excluding hydrogens is 374 g/mol. The Kier molecular flexibility index (Phi) is 17.2. The number of hydrogen-bond donors (Lipinski definition) is 0. The highest BCUT2D eigenvalue weighted by molar-refractivity contribution is 8.07. The van der Waals surface area contributed by atoms with Crippen LogP contribution in [-0.2, 0) is 4.79 Å². The molecule has 0 radical (unpaired) electrons. The Bertz CT molecular complexity index is 379. The molecule has 1 fully saturated rings. The van der Waals surface area contributed by atoms with Crippen molar-refractivity contribution < 1.29 is 4.79 Å². The molecule has 0 aromatic carbocycles. The molecule has 0 N–H and O–H groups in total. The van der Waals surface area contributed by atoms with E-state index in [1.165, 1.54) is 89.9 Å². The van der Waals surface area contributed by atoms with E-state index in [0.717, 1.165) is 49.3 Å². The second kappa shape index (κ2) is 18.6. The number of thioether (sulfide) groups is 1. The highest BCUT2D eigenvalue weighted by Crippen LogP contribution is 2.47. The zero-order chi connectivity index (χ0) is 21.2. The minimum Gasteiger partial charge on any atom is -0.343 e. The van der Waals surface area contributed by atoms with Gasteiger partial charge in [0.25, 0.3) is 0 Å². The fourth-order valence-corrected chi connectivity index (χ4v) is 5.42. The Hall–Kier alpha value is -0.180. The smallest absolute Gasteiger partial charge is 0.222 e. The van der Waals surface area contributed by atoms with Crippen LogP contribution in [0.3, 0.4) is 0 Å². The predicted octanol–water partition coefficient (Wildman–Crippen LogP) is 8.38. The lowest BCUT2D eigenvalue weighted by Crippen LogP contribution is -2.32. The van der Waals surface area contributed by atoms with Crippen molar-refractivity contribution in [2.75, 3.05) is 13.1 Å². The first-order chi connectivity index (χ1) is 14.2. The number of amides is 1. The average Bonchev–Trinajstić information content (AvgIpc) is 3.48. The molecule has 1 saturated heterocycles. The van der Waals surface area contributed by atoms with Crippen molar-refractivity contribution in [3.05, 3.63) is 0 Å². The van der Waals surface area contributed by atoms with E-state index >= 15 is 0 Å². The van der Waals surface area contributed by atoms with Crippen molar-refractivity contribution >= 4 is 17.7 Å². The van der Waals surface area contributed by atoms with E-state index in [1.807, 2.05) is 0 Å². The van der Waals surface area contributed by atoms with Crippen LogP contribution in [0, 0.1) is 0 Å². The minimum absolute atomic E-state index is 0.402. The molecule has 29 heavy (non-hydrogen) atoms. The first kappa shape index (κ1) is 26.9. The quantitative estimate of drug-likeness (QED) is 0.136. The van der Waals surface area contributed by atoms with Gasteiger partial charge in [-0.05, 0) is 32.1 Å². The normalized spacial score (nSPS) is 18.2. The van der Waals surface area contributed by atoms with E-state index in [1.54, 1.807) is 0 Å². The molecule has 1 rings (SSSR count). The standard InChI is InChI=1S/C26H51NOS/c1-4-7-10-11-13-16-19-24-25(29-24)20-17-14-12-15-18-21-26(28)27(22-8-5-2)23-9-6-3/h24-25H,4-23H2,1-3H3. The minimum atomic E-state index is 0.402. The lowest BCUT2D eigenvalue weighted by Gasteiger charge is -2.22. The van der Waals surface area contributed by atoms with Gasteiger partial charge in [-0.1, -0.05) is 97.8 Å². The van der Waals surface area contributed by atoms with Gasteiger partial charge in [-0.25, -0.2) is 0 Å². The maximum Gasteiger partial charge on any atom is 0.222 e. The summed E-state index contributed by atoms with van der Waals surface area (Å²) >= 11 is 2.24. The third-order valence-electron chi connectivity index (χ3n) is 6.33. The fraction of sp³-hybridized carbons (Fsp3) is 0.962. The summed E-state index contributed by atoms with van der Waals surface area (Å²) in [6.07, 6.45) is 23.3. The Labute approximate surface area is 187 Å². The van der Waals surface area contributed by atoms with Gasteiger partial charge in [0.05, 0.1) is 0 Å². The van der Waals surface area contributed by atoms with Crippen molar-refractivity contribution in [3.63, 3.8) is 0 Å². The summed E-state index contributed by atoms with van der Waals surface area (Å²) < 4.78 is 0. The van der Waals surface area contributed by atoms with Crippen molar-refractivity contribution in [1.82, 2.24) is 4.90 Å². The number of carbonyl (C=O) groups excluding carboxylic acids is 1. The number of nitrogens with zero attached hydrogens (tertiary/aromatic N) is 1. The highest BCUT2D eigenvalue weighted by atomic mass is 32.2. The zero-order valence-corrected chi connectivity index (χ0v) is 20.9. The summed E-state index contributed by atoms with van der Waals surface area (Å²) in [6, 6.07) is 0. The van der Waals surface area contributed by atoms with Crippen molar-refractivity contribution in [2.24, 2.45) is 0 Å². The summed E-state index contributed by atoms with van der Waals surface area (Å²) in [7, 11) is 0. The third-order valence-corrected chi connectivity index (χ3v) is 7.84. The van der Waals surface area contributed by atoms with Gasteiger partial charge in [-0.15, -0.1) is 0 Å². The third kappa shape index (κ3) is 14.5. The van der Waals surface area contributed by atoms with E-state index in [9.17, 15) is 4.79 Å². The summed E-state index contributed by atoms with van der Waals surface area (Å²) in [5, 5.41) is 1.98. The predicted molar refractivity (Wildman–Crippen MR) is 132 cm³/mol. The number of unbranched alkanes of at least 4 members (excludes halogenated alkanes) is 11. The van der Waals surface area contributed by atoms with Gasteiger partial charge in [0, 0.05) is 30.0 Å². The first-order valence-corrected chi connectivity index (χ1v) is 14.1. The molecule has 0 aromatic rings. The maximum atomic E-state index is 12.5. The molecule has 0 saturated carbocycles. The molecule has 1 aliphatic rings. The van der Waals surface area contributed by atoms with Gasteiger partial charge < -0.3 is 4.90 Å². The fourth-order valence-electron chi connectivity index (χ4n) is 4.18. The molecule has 3 heteroatoms. The van der Waals surface area contributed by atoms with Crippen LogP contribution in [0.15, 0.2) is 0 Å². The van der Waals surface area contributed by atoms with Gasteiger partial charge in [0.2, 0.25) is 5.91 Å². The highest BCUT2D eigenvalue weighted by Gasteiger charge is 2.36. The summed E-state index contributed by atoms with van der Waals surface area (Å²) in [4.78, 5) is 14.6. The van der Waals surface area contributed by atoms with Gasteiger partial charge in [-0.2, -0.15) is 11.8 Å². The van der Waals surface area contributed by atoms with Crippen LogP contribution in [0.4, 0.5) is 0 Å². The van der Waals surface area contributed by atoms with E-state index in [2.05, 4.69) is 37.4 Å². The van der Waals surface area contributed by atoms with Gasteiger partial charge in [0.1, 0.15) is 0 Å². The number of rotatable bonds is 21. The number of carbonyl (C=O) groups is 1. The molecule has 0 aromatic heterocycles. The van der Waals surface area contributed by atoms with E-state index < -0.39 is 0 Å². The van der Waals surface area contributed by atoms with Crippen LogP contribution in [0.2, 0.25) is 0 Å². The molecule has 0 aliphatic carbocycles. The van der Waals surface area contributed by atoms with E-state index in [4.69, 9.17) is 0 Å². The maximum absolute atomic E-state index is 12.5. The zero-order valence-electron chi connectivity index (χ0n) is 20.1. The molecule has 0 bridgehead atoms. The number of hydrogen-bond acceptors (Lipinski definition) is 2. The Morgan fingerprint density at radius 2 is 1.07 bits per heavy atom. The lowest BCUT2D eigenvalue weighted by atomic mass is 10.0. The summed E-state index contributed by atoms with van der Waals surface area (Å²) in [6.45, 7) is 8.64. The molecule has 2 unspecified atom stereocenters. The van der Waals surface area contributed by atoms with Crippen LogP contribution >= 0.6 is 11.8 Å². The Morgan fingerprint density at radius 1 is 0.621 bits per heavy atom. The van der Waals surface area contributed by atoms with Crippen LogP contribution < -0.4 is 0 Å². The summed E-state index contributed by atoms with van der Waals surface area (Å²) in [5.74, 6) is 0.402. The molecular formula is C26H51NOS. The van der Waals surface area contributed by atoms with Crippen molar-refractivity contribution in [2.45, 2.75) is 147 Å². The molecule has 1 heterocycles. The van der Waals surface area contributed by atoms with Crippen LogP contribution in [0.5, 0.6) is 0 Å². The first-order valence-electron chi connectivity index (χ1n) is 13.2. The largest absolute Gasteiger partial charge is 0.343 e. The van der Waals surface area contributed by atoms with Crippen molar-refractivity contribution in [1.29, 1.82) is 0 Å². The second-order valence-electron chi connectivity index (χ2n) is 9.16. The summed E-state index contributed by atoms with van der Waals surface area (Å²) in [5.41, 5.74) is 0. The van der Waals surface area contributed by atoms with Gasteiger partial charge >= 0.3 is 0 Å². The van der Waals surface area contributed by atoms with E-state index in [-0.39, 0.29) is 0 Å². The second-order valence-corrected chi connectivity index (χ2v) is 10.6. The molecule has 1 amide bonds. The lowest BCUT2D eigenvalue weighted by molar-refractivity contribution is -0.131.